The van der Waals surface area contributed by atoms with Gasteiger partial charge in [0.2, 0.25) is 5.91 Å². The molecule has 0 radical (unpaired) electrons. The molecule has 8 heteroatoms. The van der Waals surface area contributed by atoms with Crippen molar-refractivity contribution in [1.29, 1.82) is 0 Å². The number of ether oxygens (including phenoxy) is 1. The number of aromatic nitrogens is 1. The molecule has 0 aliphatic heterocycles. The SMILES string of the molecule is CCc1c(C(=O)O)sc(=O)n1CC(=O)Nc1ccccc1OC. The van der Waals surface area contributed by atoms with Crippen molar-refractivity contribution >= 4 is 28.9 Å². The van der Waals surface area contributed by atoms with E-state index in [1.807, 2.05) is 0 Å². The van der Waals surface area contributed by atoms with Gasteiger partial charge in [-0.05, 0) is 18.6 Å². The number of aromatic carboxylic acids is 1. The molecule has 2 rings (SSSR count). The summed E-state index contributed by atoms with van der Waals surface area (Å²) in [5, 5.41) is 11.8. The highest BCUT2D eigenvalue weighted by atomic mass is 32.1. The van der Waals surface area contributed by atoms with Crippen molar-refractivity contribution in [3.63, 3.8) is 0 Å². The van der Waals surface area contributed by atoms with Crippen molar-refractivity contribution in [3.05, 3.63) is 44.5 Å². The molecule has 0 saturated carbocycles. The molecule has 0 fully saturated rings. The number of benzene rings is 1. The lowest BCUT2D eigenvalue weighted by molar-refractivity contribution is -0.116. The smallest absolute Gasteiger partial charge is 0.347 e. The zero-order chi connectivity index (χ0) is 17.0. The van der Waals surface area contributed by atoms with Crippen LogP contribution in [0.1, 0.15) is 22.3 Å². The number of hydrogen-bond acceptors (Lipinski definition) is 5. The molecule has 1 heterocycles. The number of nitrogens with zero attached hydrogens (tertiary/aromatic N) is 1. The van der Waals surface area contributed by atoms with Crippen LogP contribution in [0.3, 0.4) is 0 Å². The van der Waals surface area contributed by atoms with Gasteiger partial charge in [-0.25, -0.2) is 4.79 Å². The van der Waals surface area contributed by atoms with Crippen LogP contribution >= 0.6 is 11.3 Å². The van der Waals surface area contributed by atoms with E-state index in [9.17, 15) is 14.4 Å². The van der Waals surface area contributed by atoms with E-state index in [1.165, 1.54) is 11.7 Å². The molecule has 1 aromatic heterocycles. The number of nitrogens with one attached hydrogen (secondary N) is 1. The fourth-order valence-electron chi connectivity index (χ4n) is 2.19. The molecule has 1 aromatic carbocycles. The molecule has 0 unspecified atom stereocenters. The molecule has 0 spiro atoms. The number of para-hydroxylation sites is 2. The van der Waals surface area contributed by atoms with Crippen molar-refractivity contribution in [2.45, 2.75) is 19.9 Å². The second-order valence-corrected chi connectivity index (χ2v) is 5.60. The number of anilines is 1. The predicted octanol–water partition coefficient (Wildman–Crippen LogP) is 1.82. The van der Waals surface area contributed by atoms with Gasteiger partial charge in [-0.3, -0.25) is 14.2 Å². The van der Waals surface area contributed by atoms with E-state index < -0.39 is 16.7 Å². The van der Waals surface area contributed by atoms with E-state index in [1.54, 1.807) is 31.2 Å². The van der Waals surface area contributed by atoms with E-state index in [0.29, 0.717) is 34.9 Å². The summed E-state index contributed by atoms with van der Waals surface area (Å²) < 4.78 is 6.34. The third-order valence-electron chi connectivity index (χ3n) is 3.21. The number of carboxylic acids is 1. The van der Waals surface area contributed by atoms with Gasteiger partial charge in [0.05, 0.1) is 12.8 Å². The van der Waals surface area contributed by atoms with Crippen molar-refractivity contribution < 1.29 is 19.4 Å². The number of amides is 1. The largest absolute Gasteiger partial charge is 0.495 e. The van der Waals surface area contributed by atoms with Gasteiger partial charge in [0.25, 0.3) is 0 Å². The Morgan fingerprint density at radius 1 is 1.35 bits per heavy atom. The van der Waals surface area contributed by atoms with Crippen LogP contribution in [0.15, 0.2) is 29.1 Å². The Bertz CT molecular complexity index is 793. The first-order valence-electron chi connectivity index (χ1n) is 6.86. The van der Waals surface area contributed by atoms with Crippen LogP contribution in [-0.4, -0.2) is 28.7 Å². The highest BCUT2D eigenvalue weighted by molar-refractivity contribution is 7.11. The topological polar surface area (TPSA) is 97.6 Å². The number of rotatable bonds is 6. The predicted molar refractivity (Wildman–Crippen MR) is 86.5 cm³/mol. The molecule has 23 heavy (non-hydrogen) atoms. The van der Waals surface area contributed by atoms with Crippen molar-refractivity contribution in [2.24, 2.45) is 0 Å². The number of methoxy groups -OCH3 is 1. The normalized spacial score (nSPS) is 10.3. The van der Waals surface area contributed by atoms with E-state index in [0.717, 1.165) is 0 Å². The zero-order valence-electron chi connectivity index (χ0n) is 12.7. The lowest BCUT2D eigenvalue weighted by atomic mass is 10.2. The van der Waals surface area contributed by atoms with Gasteiger partial charge >= 0.3 is 10.8 Å². The van der Waals surface area contributed by atoms with Gasteiger partial charge in [-0.15, -0.1) is 0 Å². The molecule has 0 aliphatic carbocycles. The molecule has 2 aromatic rings. The fraction of sp³-hybridized carbons (Fsp3) is 0.267. The Hall–Kier alpha value is -2.61. The Kier molecular flexibility index (Phi) is 5.17. The van der Waals surface area contributed by atoms with Gasteiger partial charge < -0.3 is 15.2 Å². The van der Waals surface area contributed by atoms with Crippen molar-refractivity contribution in [2.75, 3.05) is 12.4 Å². The lowest BCUT2D eigenvalue weighted by Crippen LogP contribution is -2.26. The maximum Gasteiger partial charge on any atom is 0.347 e. The average molecular weight is 336 g/mol. The Balaban J connectivity index is 2.24. The number of carbonyl (C=O) groups is 2. The minimum Gasteiger partial charge on any atom is -0.495 e. The highest BCUT2D eigenvalue weighted by Crippen LogP contribution is 2.23. The molecular formula is C15H16N2O5S. The molecule has 0 atom stereocenters. The first-order chi connectivity index (χ1) is 11.0. The fourth-order valence-corrected chi connectivity index (χ4v) is 3.11. The standard InChI is InChI=1S/C15H16N2O5S/c1-3-10-13(14(19)20)23-15(21)17(10)8-12(18)16-9-6-4-5-7-11(9)22-2/h4-7H,3,8H2,1-2H3,(H,16,18)(H,19,20). The van der Waals surface area contributed by atoms with Crippen LogP contribution in [0.5, 0.6) is 5.75 Å². The minimum absolute atomic E-state index is 0.0254. The van der Waals surface area contributed by atoms with Crippen LogP contribution in [0.2, 0.25) is 0 Å². The van der Waals surface area contributed by atoms with Crippen LogP contribution in [0.4, 0.5) is 5.69 Å². The van der Waals surface area contributed by atoms with Gasteiger partial charge in [-0.2, -0.15) is 0 Å². The van der Waals surface area contributed by atoms with Crippen molar-refractivity contribution in [3.8, 4) is 5.75 Å². The van der Waals surface area contributed by atoms with Crippen LogP contribution < -0.4 is 14.9 Å². The van der Waals surface area contributed by atoms with Crippen LogP contribution in [0.25, 0.3) is 0 Å². The molecule has 122 valence electrons. The first-order valence-corrected chi connectivity index (χ1v) is 7.68. The van der Waals surface area contributed by atoms with E-state index in [4.69, 9.17) is 9.84 Å². The van der Waals surface area contributed by atoms with E-state index in [2.05, 4.69) is 5.32 Å². The second-order valence-electron chi connectivity index (χ2n) is 4.64. The molecule has 0 saturated heterocycles. The van der Waals surface area contributed by atoms with Crippen molar-refractivity contribution in [1.82, 2.24) is 4.57 Å². The summed E-state index contributed by atoms with van der Waals surface area (Å²) >= 11 is 0.633. The maximum atomic E-state index is 12.2. The number of carbonyl (C=O) groups excluding carboxylic acids is 1. The molecular weight excluding hydrogens is 320 g/mol. The van der Waals surface area contributed by atoms with Crippen LogP contribution in [0, 0.1) is 0 Å². The summed E-state index contributed by atoms with van der Waals surface area (Å²) in [7, 11) is 1.49. The average Bonchev–Trinajstić information content (AvgIpc) is 2.84. The molecule has 7 nitrogen and oxygen atoms in total. The zero-order valence-corrected chi connectivity index (χ0v) is 13.5. The third-order valence-corrected chi connectivity index (χ3v) is 4.22. The summed E-state index contributed by atoms with van der Waals surface area (Å²) in [5.74, 6) is -1.09. The van der Waals surface area contributed by atoms with E-state index in [-0.39, 0.29) is 11.4 Å². The second kappa shape index (κ2) is 7.10. The molecule has 0 aliphatic rings. The number of carboxylic acid groups (broad SMARTS) is 1. The number of hydrogen-bond donors (Lipinski definition) is 2. The Labute approximate surface area is 136 Å². The molecule has 2 N–H and O–H groups in total. The van der Waals surface area contributed by atoms with E-state index >= 15 is 0 Å². The van der Waals surface area contributed by atoms with Gasteiger partial charge in [0.1, 0.15) is 17.2 Å². The Morgan fingerprint density at radius 2 is 2.04 bits per heavy atom. The highest BCUT2D eigenvalue weighted by Gasteiger charge is 2.20. The molecule has 0 bridgehead atoms. The summed E-state index contributed by atoms with van der Waals surface area (Å²) in [6.07, 6.45) is 0.350. The summed E-state index contributed by atoms with van der Waals surface area (Å²) in [5.41, 5.74) is 0.836. The quantitative estimate of drug-likeness (QED) is 0.838. The van der Waals surface area contributed by atoms with Gasteiger partial charge in [0.15, 0.2) is 0 Å². The Morgan fingerprint density at radius 3 is 2.65 bits per heavy atom. The van der Waals surface area contributed by atoms with Gasteiger partial charge in [-0.1, -0.05) is 30.4 Å². The lowest BCUT2D eigenvalue weighted by Gasteiger charge is -2.11. The molecule has 1 amide bonds. The third kappa shape index (κ3) is 3.59. The minimum atomic E-state index is -1.16. The van der Waals surface area contributed by atoms with Gasteiger partial charge in [0, 0.05) is 5.69 Å². The number of thiazole rings is 1. The summed E-state index contributed by atoms with van der Waals surface area (Å²) in [6, 6.07) is 6.89. The maximum absolute atomic E-state index is 12.2. The summed E-state index contributed by atoms with van der Waals surface area (Å²) in [6.45, 7) is 1.49. The van der Waals surface area contributed by atoms with Crippen LogP contribution in [-0.2, 0) is 17.8 Å². The first kappa shape index (κ1) is 16.8. The summed E-state index contributed by atoms with van der Waals surface area (Å²) in [4.78, 5) is 34.8. The monoisotopic (exact) mass is 336 g/mol.